The topological polar surface area (TPSA) is 96.0 Å². The molecule has 1 saturated carbocycles. The third-order valence-electron chi connectivity index (χ3n) is 8.34. The van der Waals surface area contributed by atoms with Crippen molar-refractivity contribution in [3.63, 3.8) is 0 Å². The number of amides is 2. The molecule has 1 fully saturated rings. The Labute approximate surface area is 262 Å². The number of hydrogen-bond donors (Lipinski definition) is 1. The number of carbonyl (C=O) groups excluding carboxylic acids is 2. The average molecular weight is 620 g/mol. The third kappa shape index (κ3) is 8.20. The highest BCUT2D eigenvalue weighted by atomic mass is 32.2. The number of nitrogens with one attached hydrogen (secondary N) is 1. The molecule has 2 amide bonds. The lowest BCUT2D eigenvalue weighted by Gasteiger charge is -2.33. The molecule has 236 valence electrons. The lowest BCUT2D eigenvalue weighted by atomic mass is 9.95. The number of carbonyl (C=O) groups is 2. The van der Waals surface area contributed by atoms with Gasteiger partial charge in [-0.2, -0.15) is 0 Å². The van der Waals surface area contributed by atoms with E-state index in [1.165, 1.54) is 4.90 Å². The van der Waals surface area contributed by atoms with Crippen molar-refractivity contribution in [3.05, 3.63) is 89.5 Å². The first-order valence-electron chi connectivity index (χ1n) is 15.4. The molecule has 44 heavy (non-hydrogen) atoms. The van der Waals surface area contributed by atoms with Gasteiger partial charge in [0, 0.05) is 12.6 Å². The van der Waals surface area contributed by atoms with Crippen molar-refractivity contribution in [2.75, 3.05) is 18.0 Å². The van der Waals surface area contributed by atoms with E-state index >= 15 is 0 Å². The Hall–Kier alpha value is -3.85. The molecule has 1 atom stereocenters. The van der Waals surface area contributed by atoms with Gasteiger partial charge < -0.3 is 15.0 Å². The van der Waals surface area contributed by atoms with E-state index in [9.17, 15) is 18.0 Å². The molecule has 1 N–H and O–H groups in total. The molecule has 0 saturated heterocycles. The van der Waals surface area contributed by atoms with Crippen LogP contribution < -0.4 is 14.4 Å². The van der Waals surface area contributed by atoms with Crippen LogP contribution in [0, 0.1) is 6.92 Å². The van der Waals surface area contributed by atoms with Crippen molar-refractivity contribution < 1.29 is 22.7 Å². The first kappa shape index (κ1) is 33.1. The van der Waals surface area contributed by atoms with Gasteiger partial charge in [-0.1, -0.05) is 75.1 Å². The zero-order chi connectivity index (χ0) is 31.9. The molecule has 4 rings (SSSR count). The van der Waals surface area contributed by atoms with Gasteiger partial charge in [0.25, 0.3) is 10.0 Å². The molecule has 9 heteroatoms. The molecule has 0 radical (unpaired) electrons. The van der Waals surface area contributed by atoms with Crippen LogP contribution in [-0.2, 0) is 26.2 Å². The first-order valence-corrected chi connectivity index (χ1v) is 16.9. The number of ether oxygens (including phenoxy) is 1. The number of rotatable bonds is 12. The minimum atomic E-state index is -4.12. The SMILES string of the molecule is COc1cccc(CN(C(=O)CN(c2ccc(C(C)C)cc2)S(=O)(=O)c2ccc(C)cc2)[C@H](C)C(=O)NC2CCCCC2)c1. The predicted molar refractivity (Wildman–Crippen MR) is 174 cm³/mol. The fourth-order valence-corrected chi connectivity index (χ4v) is 6.92. The first-order chi connectivity index (χ1) is 21.0. The fraction of sp³-hybridized carbons (Fsp3) is 0.429. The van der Waals surface area contributed by atoms with Gasteiger partial charge in [-0.25, -0.2) is 8.42 Å². The quantitative estimate of drug-likeness (QED) is 0.261. The fourth-order valence-electron chi connectivity index (χ4n) is 5.51. The summed E-state index contributed by atoms with van der Waals surface area (Å²) < 4.78 is 34.7. The van der Waals surface area contributed by atoms with Crippen LogP contribution in [0.15, 0.2) is 77.7 Å². The van der Waals surface area contributed by atoms with Crippen LogP contribution in [-0.4, -0.2) is 50.9 Å². The molecule has 1 aliphatic carbocycles. The summed E-state index contributed by atoms with van der Waals surface area (Å²) in [7, 11) is -2.55. The minimum absolute atomic E-state index is 0.0744. The Morgan fingerprint density at radius 1 is 0.932 bits per heavy atom. The monoisotopic (exact) mass is 619 g/mol. The molecule has 0 unspecified atom stereocenters. The zero-order valence-corrected chi connectivity index (χ0v) is 27.3. The Balaban J connectivity index is 1.70. The summed E-state index contributed by atoms with van der Waals surface area (Å²) >= 11 is 0. The summed E-state index contributed by atoms with van der Waals surface area (Å²) in [6.07, 6.45) is 5.11. The normalized spacial score (nSPS) is 14.6. The van der Waals surface area contributed by atoms with Crippen LogP contribution in [0.25, 0.3) is 0 Å². The molecule has 8 nitrogen and oxygen atoms in total. The lowest BCUT2D eigenvalue weighted by molar-refractivity contribution is -0.139. The van der Waals surface area contributed by atoms with Crippen LogP contribution in [0.5, 0.6) is 5.75 Å². The van der Waals surface area contributed by atoms with Crippen molar-refractivity contribution >= 4 is 27.5 Å². The number of benzene rings is 3. The second-order valence-electron chi connectivity index (χ2n) is 12.0. The molecular weight excluding hydrogens is 574 g/mol. The van der Waals surface area contributed by atoms with Crippen LogP contribution in [0.3, 0.4) is 0 Å². The molecule has 0 aromatic heterocycles. The highest BCUT2D eigenvalue weighted by molar-refractivity contribution is 7.92. The van der Waals surface area contributed by atoms with Gasteiger partial charge in [0.05, 0.1) is 17.7 Å². The number of nitrogens with zero attached hydrogens (tertiary/aromatic N) is 2. The predicted octanol–water partition coefficient (Wildman–Crippen LogP) is 6.19. The number of methoxy groups -OCH3 is 1. The summed E-state index contributed by atoms with van der Waals surface area (Å²) in [5.41, 5.74) is 3.13. The molecule has 0 aliphatic heterocycles. The Morgan fingerprint density at radius 2 is 1.59 bits per heavy atom. The average Bonchev–Trinajstić information content (AvgIpc) is 3.02. The summed E-state index contributed by atoms with van der Waals surface area (Å²) in [5, 5.41) is 3.14. The van der Waals surface area contributed by atoms with Crippen molar-refractivity contribution in [3.8, 4) is 5.75 Å². The molecule has 0 heterocycles. The number of anilines is 1. The summed E-state index contributed by atoms with van der Waals surface area (Å²) in [6.45, 7) is 7.36. The van der Waals surface area contributed by atoms with Crippen LogP contribution in [0.1, 0.15) is 75.5 Å². The summed E-state index contributed by atoms with van der Waals surface area (Å²) in [5.74, 6) is 0.155. The maximum atomic E-state index is 14.2. The minimum Gasteiger partial charge on any atom is -0.497 e. The number of hydrogen-bond acceptors (Lipinski definition) is 5. The number of aryl methyl sites for hydroxylation is 1. The lowest BCUT2D eigenvalue weighted by Crippen LogP contribution is -2.53. The maximum Gasteiger partial charge on any atom is 0.264 e. The second-order valence-corrected chi connectivity index (χ2v) is 13.8. The molecule has 1 aliphatic rings. The smallest absolute Gasteiger partial charge is 0.264 e. The maximum absolute atomic E-state index is 14.2. The van der Waals surface area contributed by atoms with Crippen molar-refractivity contribution in [2.45, 2.75) is 89.2 Å². The molecule has 3 aromatic rings. The van der Waals surface area contributed by atoms with E-state index in [0.717, 1.165) is 53.1 Å². The highest BCUT2D eigenvalue weighted by Gasteiger charge is 2.33. The third-order valence-corrected chi connectivity index (χ3v) is 10.1. The molecule has 0 spiro atoms. The second kappa shape index (κ2) is 14.8. The highest BCUT2D eigenvalue weighted by Crippen LogP contribution is 2.27. The van der Waals surface area contributed by atoms with E-state index in [-0.39, 0.29) is 29.3 Å². The van der Waals surface area contributed by atoms with E-state index in [1.807, 2.05) is 43.3 Å². The Bertz CT molecular complexity index is 1510. The van der Waals surface area contributed by atoms with E-state index in [0.29, 0.717) is 11.4 Å². The van der Waals surface area contributed by atoms with Gasteiger partial charge in [0.15, 0.2) is 0 Å². The van der Waals surface area contributed by atoms with Crippen molar-refractivity contribution in [2.24, 2.45) is 0 Å². The van der Waals surface area contributed by atoms with Gasteiger partial charge in [-0.05, 0) is 80.1 Å². The number of sulfonamides is 1. The summed E-state index contributed by atoms with van der Waals surface area (Å²) in [4.78, 5) is 29.3. The van der Waals surface area contributed by atoms with Gasteiger partial charge in [-0.15, -0.1) is 0 Å². The van der Waals surface area contributed by atoms with E-state index in [1.54, 1.807) is 50.4 Å². The molecule has 0 bridgehead atoms. The van der Waals surface area contributed by atoms with Crippen LogP contribution in [0.4, 0.5) is 5.69 Å². The largest absolute Gasteiger partial charge is 0.497 e. The standard InChI is InChI=1S/C35H45N3O5S/c1-25(2)29-16-18-31(19-17-29)38(44(41,42)33-20-14-26(3)15-21-33)24-34(39)37(23-28-10-9-13-32(22-28)43-5)27(4)35(40)36-30-11-7-6-8-12-30/h9-10,13-22,25,27,30H,6-8,11-12,23-24H2,1-5H3,(H,36,40)/t27-/m1/s1. The van der Waals surface area contributed by atoms with Crippen molar-refractivity contribution in [1.82, 2.24) is 10.2 Å². The Kier molecular flexibility index (Phi) is 11.1. The van der Waals surface area contributed by atoms with E-state index in [2.05, 4.69) is 19.2 Å². The van der Waals surface area contributed by atoms with Crippen molar-refractivity contribution in [1.29, 1.82) is 0 Å². The van der Waals surface area contributed by atoms with Crippen LogP contribution >= 0.6 is 0 Å². The zero-order valence-electron chi connectivity index (χ0n) is 26.5. The summed E-state index contributed by atoms with van der Waals surface area (Å²) in [6, 6.07) is 20.4. The van der Waals surface area contributed by atoms with Gasteiger partial charge in [0.1, 0.15) is 18.3 Å². The molecule has 3 aromatic carbocycles. The van der Waals surface area contributed by atoms with E-state index in [4.69, 9.17) is 4.74 Å². The van der Waals surface area contributed by atoms with Crippen LogP contribution in [0.2, 0.25) is 0 Å². The Morgan fingerprint density at radius 3 is 2.20 bits per heavy atom. The van der Waals surface area contributed by atoms with E-state index < -0.39 is 28.5 Å². The van der Waals surface area contributed by atoms with Gasteiger partial charge >= 0.3 is 0 Å². The van der Waals surface area contributed by atoms with Gasteiger partial charge in [-0.3, -0.25) is 13.9 Å². The molecular formula is C35H45N3O5S. The van der Waals surface area contributed by atoms with Gasteiger partial charge in [0.2, 0.25) is 11.8 Å².